The molecule has 1 spiro atoms. The van der Waals surface area contributed by atoms with E-state index >= 15 is 0 Å². The van der Waals surface area contributed by atoms with Gasteiger partial charge in [-0.25, -0.2) is 5.06 Å². The molecule has 0 aromatic heterocycles. The summed E-state index contributed by atoms with van der Waals surface area (Å²) in [4.78, 5) is 34.5. The predicted molar refractivity (Wildman–Crippen MR) is 99.1 cm³/mol. The van der Waals surface area contributed by atoms with Crippen LogP contribution in [0.25, 0.3) is 0 Å². The Labute approximate surface area is 164 Å². The quantitative estimate of drug-likeness (QED) is 0.744. The Hall–Kier alpha value is -2.47. The van der Waals surface area contributed by atoms with Crippen molar-refractivity contribution in [1.29, 1.82) is 5.26 Å². The second-order valence-corrected chi connectivity index (χ2v) is 7.76. The highest BCUT2D eigenvalue weighted by Gasteiger charge is 2.51. The first-order valence-corrected chi connectivity index (χ1v) is 9.59. The Morgan fingerprint density at radius 3 is 2.75 bits per heavy atom. The van der Waals surface area contributed by atoms with Crippen LogP contribution in [0.1, 0.15) is 28.8 Å². The zero-order valence-electron chi connectivity index (χ0n) is 16.0. The van der Waals surface area contributed by atoms with Gasteiger partial charge in [-0.05, 0) is 38.1 Å². The van der Waals surface area contributed by atoms with Crippen molar-refractivity contribution < 1.29 is 19.2 Å². The largest absolute Gasteiger partial charge is 0.368 e. The molecule has 8 heteroatoms. The van der Waals surface area contributed by atoms with E-state index in [0.29, 0.717) is 50.5 Å². The summed E-state index contributed by atoms with van der Waals surface area (Å²) >= 11 is 0. The molecule has 3 aliphatic rings. The average molecular weight is 384 g/mol. The van der Waals surface area contributed by atoms with Gasteiger partial charge in [0, 0.05) is 18.7 Å². The van der Waals surface area contributed by atoms with E-state index in [4.69, 9.17) is 14.8 Å². The van der Waals surface area contributed by atoms with E-state index in [1.807, 2.05) is 11.9 Å². The minimum Gasteiger partial charge on any atom is -0.368 e. The molecule has 0 N–H and O–H groups in total. The number of amides is 2. The monoisotopic (exact) mass is 384 g/mol. The van der Waals surface area contributed by atoms with Gasteiger partial charge in [-0.15, -0.1) is 0 Å². The molecule has 4 rings (SSSR count). The number of carbonyl (C=O) groups excluding carboxylic acids is 2. The van der Waals surface area contributed by atoms with E-state index < -0.39 is 5.60 Å². The Bertz CT molecular complexity index is 809. The number of likely N-dealkylation sites (N-methyl/N-ethyl adjacent to an activating group) is 1. The Balaban J connectivity index is 1.34. The number of rotatable bonds is 2. The SMILES string of the molecule is CN1CC2(CN(C(=O)c3cccc(C#N)c3)C2)OCC1C(=O)N1CCCCO1. The van der Waals surface area contributed by atoms with Crippen LogP contribution >= 0.6 is 0 Å². The highest BCUT2D eigenvalue weighted by molar-refractivity contribution is 5.95. The molecular weight excluding hydrogens is 360 g/mol. The first-order valence-electron chi connectivity index (χ1n) is 9.59. The molecule has 8 nitrogen and oxygen atoms in total. The third-order valence-corrected chi connectivity index (χ3v) is 5.63. The summed E-state index contributed by atoms with van der Waals surface area (Å²) in [6.07, 6.45) is 1.93. The molecule has 3 saturated heterocycles. The van der Waals surface area contributed by atoms with Crippen LogP contribution in [-0.4, -0.2) is 84.8 Å². The number of hydrogen-bond acceptors (Lipinski definition) is 6. The van der Waals surface area contributed by atoms with Gasteiger partial charge in [0.15, 0.2) is 0 Å². The van der Waals surface area contributed by atoms with Crippen LogP contribution in [0.2, 0.25) is 0 Å². The van der Waals surface area contributed by atoms with Crippen molar-refractivity contribution in [1.82, 2.24) is 14.9 Å². The average Bonchev–Trinajstić information content (AvgIpc) is 2.71. The van der Waals surface area contributed by atoms with Crippen LogP contribution in [0.3, 0.4) is 0 Å². The predicted octanol–water partition coefficient (Wildman–Crippen LogP) is 0.637. The summed E-state index contributed by atoms with van der Waals surface area (Å²) in [5.74, 6) is -0.161. The molecule has 3 fully saturated rings. The zero-order chi connectivity index (χ0) is 19.7. The van der Waals surface area contributed by atoms with Gasteiger partial charge < -0.3 is 9.64 Å². The number of nitriles is 1. The van der Waals surface area contributed by atoms with Gasteiger partial charge in [-0.1, -0.05) is 6.07 Å². The van der Waals surface area contributed by atoms with Crippen molar-refractivity contribution in [3.8, 4) is 6.07 Å². The lowest BCUT2D eigenvalue weighted by Crippen LogP contribution is -2.73. The number of benzene rings is 1. The van der Waals surface area contributed by atoms with E-state index in [0.717, 1.165) is 12.8 Å². The van der Waals surface area contributed by atoms with Crippen molar-refractivity contribution in [3.05, 3.63) is 35.4 Å². The minimum absolute atomic E-state index is 0.0578. The molecule has 0 bridgehead atoms. The first-order chi connectivity index (χ1) is 13.5. The lowest BCUT2D eigenvalue weighted by Gasteiger charge is -2.55. The second-order valence-electron chi connectivity index (χ2n) is 7.76. The fraction of sp³-hybridized carbons (Fsp3) is 0.550. The molecule has 1 atom stereocenters. The number of carbonyl (C=O) groups is 2. The topological polar surface area (TPSA) is 86.1 Å². The summed E-state index contributed by atoms with van der Waals surface area (Å²) < 4.78 is 6.07. The van der Waals surface area contributed by atoms with Gasteiger partial charge in [-0.3, -0.25) is 19.3 Å². The lowest BCUT2D eigenvalue weighted by atomic mass is 9.89. The molecule has 1 aromatic rings. The zero-order valence-corrected chi connectivity index (χ0v) is 16.0. The van der Waals surface area contributed by atoms with Crippen LogP contribution in [-0.2, 0) is 14.4 Å². The summed E-state index contributed by atoms with van der Waals surface area (Å²) in [6.45, 7) is 3.04. The maximum absolute atomic E-state index is 12.7. The highest BCUT2D eigenvalue weighted by atomic mass is 16.7. The summed E-state index contributed by atoms with van der Waals surface area (Å²) in [6, 6.07) is 8.41. The molecule has 1 unspecified atom stereocenters. The van der Waals surface area contributed by atoms with Crippen molar-refractivity contribution in [2.24, 2.45) is 0 Å². The first kappa shape index (κ1) is 18.9. The van der Waals surface area contributed by atoms with Gasteiger partial charge in [0.1, 0.15) is 11.6 Å². The summed E-state index contributed by atoms with van der Waals surface area (Å²) in [5, 5.41) is 10.5. The molecule has 2 amide bonds. The molecule has 1 aromatic carbocycles. The van der Waals surface area contributed by atoms with E-state index in [1.54, 1.807) is 29.2 Å². The normalized spacial score (nSPS) is 24.5. The van der Waals surface area contributed by atoms with Gasteiger partial charge >= 0.3 is 0 Å². The smallest absolute Gasteiger partial charge is 0.265 e. The maximum Gasteiger partial charge on any atom is 0.265 e. The van der Waals surface area contributed by atoms with Crippen LogP contribution in [0.15, 0.2) is 24.3 Å². The second kappa shape index (κ2) is 7.51. The van der Waals surface area contributed by atoms with Crippen molar-refractivity contribution in [2.75, 3.05) is 46.4 Å². The highest BCUT2D eigenvalue weighted by Crippen LogP contribution is 2.32. The third-order valence-electron chi connectivity index (χ3n) is 5.63. The summed E-state index contributed by atoms with van der Waals surface area (Å²) in [5.41, 5.74) is 0.543. The minimum atomic E-state index is -0.434. The van der Waals surface area contributed by atoms with Crippen molar-refractivity contribution in [3.63, 3.8) is 0 Å². The molecular formula is C20H24N4O4. The maximum atomic E-state index is 12.7. The fourth-order valence-corrected chi connectivity index (χ4v) is 4.08. The van der Waals surface area contributed by atoms with E-state index in [1.165, 1.54) is 5.06 Å². The van der Waals surface area contributed by atoms with Gasteiger partial charge in [-0.2, -0.15) is 5.26 Å². The number of ether oxygens (including phenoxy) is 1. The van der Waals surface area contributed by atoms with Gasteiger partial charge in [0.2, 0.25) is 0 Å². The van der Waals surface area contributed by atoms with Crippen LogP contribution in [0, 0.1) is 11.3 Å². The Morgan fingerprint density at radius 1 is 1.25 bits per heavy atom. The van der Waals surface area contributed by atoms with E-state index in [2.05, 4.69) is 6.07 Å². The number of nitrogens with zero attached hydrogens (tertiary/aromatic N) is 4. The standard InChI is InChI=1S/C20H24N4O4/c1-22-12-20(27-11-17(22)19(26)24-7-2-3-8-28-24)13-23(14-20)18(25)16-6-4-5-15(9-16)10-21/h4-6,9,17H,2-3,7-8,11-14H2,1H3. The fourth-order valence-electron chi connectivity index (χ4n) is 4.08. The van der Waals surface area contributed by atoms with Crippen molar-refractivity contribution >= 4 is 11.8 Å². The Kier molecular flexibility index (Phi) is 5.06. The molecule has 0 aliphatic carbocycles. The molecule has 3 aliphatic heterocycles. The lowest BCUT2D eigenvalue weighted by molar-refractivity contribution is -0.220. The summed E-state index contributed by atoms with van der Waals surface area (Å²) in [7, 11) is 1.91. The van der Waals surface area contributed by atoms with Gasteiger partial charge in [0.25, 0.3) is 11.8 Å². The van der Waals surface area contributed by atoms with Crippen molar-refractivity contribution in [2.45, 2.75) is 24.5 Å². The Morgan fingerprint density at radius 2 is 2.07 bits per heavy atom. The molecule has 0 saturated carbocycles. The van der Waals surface area contributed by atoms with Crippen LogP contribution in [0.4, 0.5) is 0 Å². The van der Waals surface area contributed by atoms with Crippen LogP contribution in [0.5, 0.6) is 0 Å². The molecule has 148 valence electrons. The third kappa shape index (κ3) is 3.49. The number of morpholine rings is 1. The van der Waals surface area contributed by atoms with Gasteiger partial charge in [0.05, 0.1) is 37.9 Å². The van der Waals surface area contributed by atoms with E-state index in [-0.39, 0.29) is 17.9 Å². The van der Waals surface area contributed by atoms with E-state index in [9.17, 15) is 9.59 Å². The number of likely N-dealkylation sites (tertiary alicyclic amines) is 1. The number of hydroxylamine groups is 2. The number of hydrogen-bond donors (Lipinski definition) is 0. The molecule has 0 radical (unpaired) electrons. The molecule has 28 heavy (non-hydrogen) atoms. The molecule has 3 heterocycles. The van der Waals surface area contributed by atoms with Crippen LogP contribution < -0.4 is 0 Å².